The zero-order valence-corrected chi connectivity index (χ0v) is 15.6. The zero-order valence-electron chi connectivity index (χ0n) is 15.6. The highest BCUT2D eigenvalue weighted by atomic mass is 16.5. The van der Waals surface area contributed by atoms with E-state index in [-0.39, 0.29) is 23.1 Å². The van der Waals surface area contributed by atoms with E-state index in [4.69, 9.17) is 4.74 Å². The van der Waals surface area contributed by atoms with Crippen LogP contribution in [0.15, 0.2) is 48.5 Å². The van der Waals surface area contributed by atoms with Gasteiger partial charge in [-0.15, -0.1) is 0 Å². The van der Waals surface area contributed by atoms with Gasteiger partial charge in [0, 0.05) is 24.7 Å². The normalized spacial score (nSPS) is 14.4. The second-order valence-corrected chi connectivity index (χ2v) is 6.62. The van der Waals surface area contributed by atoms with E-state index < -0.39 is 11.9 Å². The van der Waals surface area contributed by atoms with Crippen molar-refractivity contribution in [3.8, 4) is 5.75 Å². The first kappa shape index (κ1) is 19.4. The second-order valence-electron chi connectivity index (χ2n) is 6.62. The van der Waals surface area contributed by atoms with Crippen LogP contribution in [-0.4, -0.2) is 54.0 Å². The Morgan fingerprint density at radius 1 is 1.00 bits per heavy atom. The lowest BCUT2D eigenvalue weighted by atomic mass is 10.0. The van der Waals surface area contributed by atoms with Gasteiger partial charge in [-0.3, -0.25) is 9.59 Å². The highest BCUT2D eigenvalue weighted by molar-refractivity contribution is 6.04. The topological polar surface area (TPSA) is 95.9 Å². The molecule has 0 aromatic heterocycles. The Bertz CT molecular complexity index is 871. The minimum absolute atomic E-state index is 0.0212. The number of ether oxygens (including phenoxy) is 1. The number of piperidine rings is 1. The monoisotopic (exact) mass is 382 g/mol. The SMILES string of the molecule is COc1ccc(C(=O)N2CCC(NC(=O)c3ccccc3C(=O)O)CC2)cc1. The Balaban J connectivity index is 1.57. The van der Waals surface area contributed by atoms with E-state index in [1.54, 1.807) is 48.4 Å². The fourth-order valence-electron chi connectivity index (χ4n) is 3.27. The van der Waals surface area contributed by atoms with E-state index in [1.807, 2.05) is 0 Å². The van der Waals surface area contributed by atoms with Gasteiger partial charge in [0.2, 0.25) is 0 Å². The number of hydrogen-bond donors (Lipinski definition) is 2. The molecule has 0 saturated carbocycles. The van der Waals surface area contributed by atoms with Gasteiger partial charge in [0.1, 0.15) is 5.75 Å². The molecule has 7 heteroatoms. The fraction of sp³-hybridized carbons (Fsp3) is 0.286. The van der Waals surface area contributed by atoms with Crippen molar-refractivity contribution in [1.29, 1.82) is 0 Å². The van der Waals surface area contributed by atoms with Crippen molar-refractivity contribution in [3.63, 3.8) is 0 Å². The number of hydrogen-bond acceptors (Lipinski definition) is 4. The van der Waals surface area contributed by atoms with Gasteiger partial charge in [0.05, 0.1) is 18.2 Å². The summed E-state index contributed by atoms with van der Waals surface area (Å²) < 4.78 is 5.10. The molecule has 3 rings (SSSR count). The lowest BCUT2D eigenvalue weighted by molar-refractivity contribution is 0.0675. The molecule has 1 aliphatic heterocycles. The first-order valence-corrected chi connectivity index (χ1v) is 9.06. The third-order valence-electron chi connectivity index (χ3n) is 4.86. The maximum Gasteiger partial charge on any atom is 0.336 e. The number of aromatic carboxylic acids is 1. The van der Waals surface area contributed by atoms with Gasteiger partial charge < -0.3 is 20.1 Å². The summed E-state index contributed by atoms with van der Waals surface area (Å²) in [5, 5.41) is 12.1. The first-order valence-electron chi connectivity index (χ1n) is 9.06. The molecule has 1 heterocycles. The average Bonchev–Trinajstić information content (AvgIpc) is 2.73. The van der Waals surface area contributed by atoms with E-state index >= 15 is 0 Å². The molecule has 2 N–H and O–H groups in total. The Morgan fingerprint density at radius 2 is 1.61 bits per heavy atom. The molecule has 0 aliphatic carbocycles. The third-order valence-corrected chi connectivity index (χ3v) is 4.86. The summed E-state index contributed by atoms with van der Waals surface area (Å²) in [5.74, 6) is -0.896. The van der Waals surface area contributed by atoms with E-state index in [0.29, 0.717) is 37.2 Å². The third kappa shape index (κ3) is 4.31. The van der Waals surface area contributed by atoms with Crippen LogP contribution in [0, 0.1) is 0 Å². The predicted octanol–water partition coefficient (Wildman–Crippen LogP) is 2.43. The van der Waals surface area contributed by atoms with Crippen LogP contribution >= 0.6 is 0 Å². The van der Waals surface area contributed by atoms with Crippen molar-refractivity contribution >= 4 is 17.8 Å². The molecule has 1 aliphatic rings. The van der Waals surface area contributed by atoms with Crippen molar-refractivity contribution in [1.82, 2.24) is 10.2 Å². The minimum Gasteiger partial charge on any atom is -0.497 e. The molecule has 146 valence electrons. The van der Waals surface area contributed by atoms with Gasteiger partial charge in [0.25, 0.3) is 11.8 Å². The van der Waals surface area contributed by atoms with Crippen LogP contribution in [0.4, 0.5) is 0 Å². The molecule has 2 amide bonds. The van der Waals surface area contributed by atoms with Crippen LogP contribution in [-0.2, 0) is 0 Å². The van der Waals surface area contributed by atoms with E-state index in [1.165, 1.54) is 12.1 Å². The number of carbonyl (C=O) groups excluding carboxylic acids is 2. The van der Waals surface area contributed by atoms with Crippen molar-refractivity contribution < 1.29 is 24.2 Å². The number of methoxy groups -OCH3 is 1. The smallest absolute Gasteiger partial charge is 0.336 e. The van der Waals surface area contributed by atoms with Crippen molar-refractivity contribution in [2.45, 2.75) is 18.9 Å². The molecule has 0 unspecified atom stereocenters. The van der Waals surface area contributed by atoms with Gasteiger partial charge >= 0.3 is 5.97 Å². The van der Waals surface area contributed by atoms with Gasteiger partial charge in [-0.05, 0) is 49.2 Å². The Morgan fingerprint density at radius 3 is 2.18 bits per heavy atom. The Labute approximate surface area is 162 Å². The Hall–Kier alpha value is -3.35. The zero-order chi connectivity index (χ0) is 20.1. The molecule has 0 radical (unpaired) electrons. The number of likely N-dealkylation sites (tertiary alicyclic amines) is 1. The molecule has 0 atom stereocenters. The molecule has 2 aromatic carbocycles. The van der Waals surface area contributed by atoms with Crippen LogP contribution in [0.1, 0.15) is 43.9 Å². The summed E-state index contributed by atoms with van der Waals surface area (Å²) in [6, 6.07) is 13.0. The van der Waals surface area contributed by atoms with E-state index in [0.717, 1.165) is 0 Å². The standard InChI is InChI=1S/C21H22N2O5/c1-28-16-8-6-14(7-9-16)20(25)23-12-10-15(11-13-23)22-19(24)17-4-2-3-5-18(17)21(26)27/h2-9,15H,10-13H2,1H3,(H,22,24)(H,26,27). The average molecular weight is 382 g/mol. The number of carboxylic acid groups (broad SMARTS) is 1. The summed E-state index contributed by atoms with van der Waals surface area (Å²) in [7, 11) is 1.57. The van der Waals surface area contributed by atoms with Gasteiger partial charge in [-0.25, -0.2) is 4.79 Å². The maximum atomic E-state index is 12.6. The molecule has 1 saturated heterocycles. The highest BCUT2D eigenvalue weighted by Gasteiger charge is 2.26. The summed E-state index contributed by atoms with van der Waals surface area (Å²) in [6.07, 6.45) is 1.23. The predicted molar refractivity (Wildman–Crippen MR) is 103 cm³/mol. The molecule has 0 bridgehead atoms. The van der Waals surface area contributed by atoms with E-state index in [9.17, 15) is 19.5 Å². The quantitative estimate of drug-likeness (QED) is 0.828. The minimum atomic E-state index is -1.13. The highest BCUT2D eigenvalue weighted by Crippen LogP contribution is 2.18. The summed E-state index contributed by atoms with van der Waals surface area (Å²) in [6.45, 7) is 1.05. The molecular formula is C21H22N2O5. The van der Waals surface area contributed by atoms with Crippen LogP contribution in [0.3, 0.4) is 0 Å². The largest absolute Gasteiger partial charge is 0.497 e. The number of nitrogens with zero attached hydrogens (tertiary/aromatic N) is 1. The molecule has 1 fully saturated rings. The van der Waals surface area contributed by atoms with Crippen LogP contribution in [0.5, 0.6) is 5.75 Å². The Kier molecular flexibility index (Phi) is 5.93. The summed E-state index contributed by atoms with van der Waals surface area (Å²) >= 11 is 0. The second kappa shape index (κ2) is 8.56. The number of amides is 2. The number of nitrogens with one attached hydrogen (secondary N) is 1. The van der Waals surface area contributed by atoms with Crippen molar-refractivity contribution in [3.05, 3.63) is 65.2 Å². The first-order chi connectivity index (χ1) is 13.5. The summed E-state index contributed by atoms with van der Waals surface area (Å²) in [4.78, 5) is 38.1. The van der Waals surface area contributed by atoms with Gasteiger partial charge in [-0.2, -0.15) is 0 Å². The van der Waals surface area contributed by atoms with Gasteiger partial charge in [0.15, 0.2) is 0 Å². The molecule has 2 aromatic rings. The number of rotatable bonds is 5. The van der Waals surface area contributed by atoms with Crippen molar-refractivity contribution in [2.75, 3.05) is 20.2 Å². The fourth-order valence-corrected chi connectivity index (χ4v) is 3.27. The van der Waals surface area contributed by atoms with Gasteiger partial charge in [-0.1, -0.05) is 12.1 Å². The maximum absolute atomic E-state index is 12.6. The van der Waals surface area contributed by atoms with E-state index in [2.05, 4.69) is 5.32 Å². The molecular weight excluding hydrogens is 360 g/mol. The molecule has 7 nitrogen and oxygen atoms in total. The lowest BCUT2D eigenvalue weighted by Gasteiger charge is -2.32. The van der Waals surface area contributed by atoms with Crippen LogP contribution in [0.25, 0.3) is 0 Å². The molecule has 0 spiro atoms. The van der Waals surface area contributed by atoms with Crippen LogP contribution < -0.4 is 10.1 Å². The number of benzene rings is 2. The lowest BCUT2D eigenvalue weighted by Crippen LogP contribution is -2.46. The number of carbonyl (C=O) groups is 3. The van der Waals surface area contributed by atoms with Crippen LogP contribution in [0.2, 0.25) is 0 Å². The summed E-state index contributed by atoms with van der Waals surface area (Å²) in [5.41, 5.74) is 0.720. The number of carboxylic acids is 1. The molecule has 28 heavy (non-hydrogen) atoms. The van der Waals surface area contributed by atoms with Crippen molar-refractivity contribution in [2.24, 2.45) is 0 Å².